The molecule has 0 unspecified atom stereocenters. The molecule has 0 atom stereocenters. The Kier molecular flexibility index (Phi) is 5.35. The number of rotatable bonds is 2. The van der Waals surface area contributed by atoms with Gasteiger partial charge in [0, 0.05) is 5.02 Å². The van der Waals surface area contributed by atoms with Crippen LogP contribution in [-0.4, -0.2) is 5.96 Å². The van der Waals surface area contributed by atoms with E-state index in [1.165, 1.54) is 0 Å². The Morgan fingerprint density at radius 3 is 2.64 bits per heavy atom. The first kappa shape index (κ1) is 13.1. The molecule has 5 heteroatoms. The molecule has 0 aliphatic rings. The highest BCUT2D eigenvalue weighted by Gasteiger charge is 1.97. The molecule has 0 radical (unpaired) electrons. The van der Waals surface area contributed by atoms with Gasteiger partial charge in [-0.25, -0.2) is 4.99 Å². The number of guanidine groups is 1. The third-order valence-electron chi connectivity index (χ3n) is 1.74. The SMILES string of the molecule is Cc1ccc(Cl)cc1CN=C(N)N.Cl. The van der Waals surface area contributed by atoms with Crippen molar-refractivity contribution < 1.29 is 0 Å². The molecule has 14 heavy (non-hydrogen) atoms. The fourth-order valence-electron chi connectivity index (χ4n) is 0.987. The highest BCUT2D eigenvalue weighted by Crippen LogP contribution is 2.15. The van der Waals surface area contributed by atoms with Gasteiger partial charge in [0.1, 0.15) is 0 Å². The standard InChI is InChI=1S/C9H12ClN3.ClH/c1-6-2-3-8(10)4-7(6)5-13-9(11)12;/h2-4H,5H2,1H3,(H4,11,12,13);1H. The molecule has 0 amide bonds. The molecular weight excluding hydrogens is 221 g/mol. The van der Waals surface area contributed by atoms with Crippen molar-refractivity contribution in [1.82, 2.24) is 0 Å². The van der Waals surface area contributed by atoms with Crippen LogP contribution in [0.4, 0.5) is 0 Å². The van der Waals surface area contributed by atoms with E-state index in [0.29, 0.717) is 11.6 Å². The summed E-state index contributed by atoms with van der Waals surface area (Å²) >= 11 is 5.82. The van der Waals surface area contributed by atoms with E-state index in [-0.39, 0.29) is 18.4 Å². The number of hydrogen-bond donors (Lipinski definition) is 2. The van der Waals surface area contributed by atoms with Gasteiger partial charge in [0.05, 0.1) is 6.54 Å². The Hall–Kier alpha value is -0.930. The molecule has 0 bridgehead atoms. The fourth-order valence-corrected chi connectivity index (χ4v) is 1.18. The minimum absolute atomic E-state index is 0. The van der Waals surface area contributed by atoms with Crippen LogP contribution in [0.15, 0.2) is 23.2 Å². The molecule has 78 valence electrons. The van der Waals surface area contributed by atoms with Crippen molar-refractivity contribution >= 4 is 30.0 Å². The van der Waals surface area contributed by atoms with Crippen LogP contribution in [0, 0.1) is 6.92 Å². The van der Waals surface area contributed by atoms with Crippen molar-refractivity contribution in [3.63, 3.8) is 0 Å². The summed E-state index contributed by atoms with van der Waals surface area (Å²) in [6.07, 6.45) is 0. The zero-order valence-electron chi connectivity index (χ0n) is 7.83. The van der Waals surface area contributed by atoms with E-state index in [1.807, 2.05) is 25.1 Å². The molecule has 0 saturated heterocycles. The molecule has 0 heterocycles. The Morgan fingerprint density at radius 2 is 2.07 bits per heavy atom. The van der Waals surface area contributed by atoms with Gasteiger partial charge in [0.25, 0.3) is 0 Å². The van der Waals surface area contributed by atoms with Crippen molar-refractivity contribution in [2.24, 2.45) is 16.5 Å². The van der Waals surface area contributed by atoms with Crippen molar-refractivity contribution in [2.45, 2.75) is 13.5 Å². The van der Waals surface area contributed by atoms with Gasteiger partial charge in [-0.15, -0.1) is 12.4 Å². The number of benzene rings is 1. The Labute approximate surface area is 94.6 Å². The van der Waals surface area contributed by atoms with Crippen LogP contribution in [0.1, 0.15) is 11.1 Å². The van der Waals surface area contributed by atoms with Gasteiger partial charge in [-0.1, -0.05) is 17.7 Å². The van der Waals surface area contributed by atoms with E-state index >= 15 is 0 Å². The molecular formula is C9H13Cl2N3. The van der Waals surface area contributed by atoms with E-state index in [4.69, 9.17) is 23.1 Å². The van der Waals surface area contributed by atoms with Crippen LogP contribution in [0.2, 0.25) is 5.02 Å². The first-order chi connectivity index (χ1) is 6.09. The zero-order chi connectivity index (χ0) is 9.84. The second-order valence-electron chi connectivity index (χ2n) is 2.81. The Morgan fingerprint density at radius 1 is 1.43 bits per heavy atom. The summed E-state index contributed by atoms with van der Waals surface area (Å²) in [6, 6.07) is 5.65. The summed E-state index contributed by atoms with van der Waals surface area (Å²) in [4.78, 5) is 3.91. The third-order valence-corrected chi connectivity index (χ3v) is 1.98. The lowest BCUT2D eigenvalue weighted by atomic mass is 10.1. The molecule has 0 aliphatic carbocycles. The fraction of sp³-hybridized carbons (Fsp3) is 0.222. The molecule has 0 saturated carbocycles. The summed E-state index contributed by atoms with van der Waals surface area (Å²) < 4.78 is 0. The number of hydrogen-bond acceptors (Lipinski definition) is 1. The summed E-state index contributed by atoms with van der Waals surface area (Å²) in [5.41, 5.74) is 12.6. The molecule has 1 aromatic rings. The lowest BCUT2D eigenvalue weighted by Gasteiger charge is -2.02. The van der Waals surface area contributed by atoms with Gasteiger partial charge in [-0.3, -0.25) is 0 Å². The largest absolute Gasteiger partial charge is 0.370 e. The molecule has 0 aromatic heterocycles. The molecule has 1 aromatic carbocycles. The topological polar surface area (TPSA) is 64.4 Å². The smallest absolute Gasteiger partial charge is 0.186 e. The summed E-state index contributed by atoms with van der Waals surface area (Å²) in [5.74, 6) is 0.0966. The summed E-state index contributed by atoms with van der Waals surface area (Å²) in [7, 11) is 0. The van der Waals surface area contributed by atoms with Crippen LogP contribution in [0.3, 0.4) is 0 Å². The quantitative estimate of drug-likeness (QED) is 0.605. The van der Waals surface area contributed by atoms with E-state index in [0.717, 1.165) is 11.1 Å². The zero-order valence-corrected chi connectivity index (χ0v) is 9.40. The van der Waals surface area contributed by atoms with Crippen LogP contribution < -0.4 is 11.5 Å². The summed E-state index contributed by atoms with van der Waals surface area (Å²) in [5, 5.41) is 0.700. The monoisotopic (exact) mass is 233 g/mol. The predicted octanol–water partition coefficient (Wildman–Crippen LogP) is 1.84. The van der Waals surface area contributed by atoms with Crippen LogP contribution in [0.25, 0.3) is 0 Å². The van der Waals surface area contributed by atoms with Crippen LogP contribution >= 0.6 is 24.0 Å². The molecule has 0 fully saturated rings. The van der Waals surface area contributed by atoms with E-state index < -0.39 is 0 Å². The second kappa shape index (κ2) is 5.73. The predicted molar refractivity (Wildman–Crippen MR) is 63.0 cm³/mol. The highest BCUT2D eigenvalue weighted by atomic mass is 35.5. The van der Waals surface area contributed by atoms with Gasteiger partial charge in [-0.2, -0.15) is 0 Å². The number of nitrogens with zero attached hydrogens (tertiary/aromatic N) is 1. The first-order valence-corrected chi connectivity index (χ1v) is 4.28. The van der Waals surface area contributed by atoms with Gasteiger partial charge >= 0.3 is 0 Å². The molecule has 4 N–H and O–H groups in total. The maximum atomic E-state index is 5.82. The van der Waals surface area contributed by atoms with E-state index in [2.05, 4.69) is 4.99 Å². The third kappa shape index (κ3) is 3.85. The highest BCUT2D eigenvalue weighted by molar-refractivity contribution is 6.30. The van der Waals surface area contributed by atoms with Gasteiger partial charge < -0.3 is 11.5 Å². The minimum atomic E-state index is 0. The number of halogens is 2. The van der Waals surface area contributed by atoms with E-state index in [9.17, 15) is 0 Å². The molecule has 1 rings (SSSR count). The Balaban J connectivity index is 0.00000169. The second-order valence-corrected chi connectivity index (χ2v) is 3.25. The maximum Gasteiger partial charge on any atom is 0.186 e. The van der Waals surface area contributed by atoms with Gasteiger partial charge in [0.15, 0.2) is 5.96 Å². The lowest BCUT2D eigenvalue weighted by Crippen LogP contribution is -2.22. The lowest BCUT2D eigenvalue weighted by molar-refractivity contribution is 1.04. The van der Waals surface area contributed by atoms with Crippen LogP contribution in [-0.2, 0) is 6.54 Å². The van der Waals surface area contributed by atoms with Crippen molar-refractivity contribution in [3.05, 3.63) is 34.3 Å². The van der Waals surface area contributed by atoms with Crippen LogP contribution in [0.5, 0.6) is 0 Å². The molecule has 3 nitrogen and oxygen atoms in total. The van der Waals surface area contributed by atoms with Gasteiger partial charge in [-0.05, 0) is 30.2 Å². The van der Waals surface area contributed by atoms with Crippen molar-refractivity contribution in [1.29, 1.82) is 0 Å². The van der Waals surface area contributed by atoms with Crippen molar-refractivity contribution in [3.8, 4) is 0 Å². The number of aryl methyl sites for hydroxylation is 1. The number of nitrogens with two attached hydrogens (primary N) is 2. The Bertz CT molecular complexity index is 333. The van der Waals surface area contributed by atoms with Gasteiger partial charge in [0.2, 0.25) is 0 Å². The minimum Gasteiger partial charge on any atom is -0.370 e. The van der Waals surface area contributed by atoms with Crippen molar-refractivity contribution in [2.75, 3.05) is 0 Å². The molecule has 0 spiro atoms. The number of aliphatic imine (C=N–C) groups is 1. The first-order valence-electron chi connectivity index (χ1n) is 3.90. The molecule has 0 aliphatic heterocycles. The maximum absolute atomic E-state index is 5.82. The average Bonchev–Trinajstić information content (AvgIpc) is 2.06. The summed E-state index contributed by atoms with van der Waals surface area (Å²) in [6.45, 7) is 2.47. The van der Waals surface area contributed by atoms with E-state index in [1.54, 1.807) is 0 Å². The normalized spacial score (nSPS) is 9.00. The average molecular weight is 234 g/mol.